The van der Waals surface area contributed by atoms with Gasteiger partial charge in [0, 0.05) is 30.4 Å². The summed E-state index contributed by atoms with van der Waals surface area (Å²) >= 11 is 0. The van der Waals surface area contributed by atoms with Crippen molar-refractivity contribution in [3.63, 3.8) is 0 Å². The minimum Gasteiger partial charge on any atom is -0.370 e. The Hall–Kier alpha value is -2.75. The number of anilines is 1. The minimum absolute atomic E-state index is 0.0854. The number of rotatable bonds is 3. The standard InChI is InChI=1S/C22H24N4/c1-15-24-18(21(25-15)17-10-7-8-14-23-17)12-13-20-22(2,3)16-9-5-6-11-19(16)26(20)4/h5-12,14,20H,13H2,1-4H3/b18-12+. The van der Waals surface area contributed by atoms with Crippen molar-refractivity contribution >= 4 is 17.2 Å². The molecule has 0 radical (unpaired) electrons. The van der Waals surface area contributed by atoms with Crippen molar-refractivity contribution in [3.05, 3.63) is 71.7 Å². The Bertz CT molecular complexity index is 922. The van der Waals surface area contributed by atoms with E-state index in [0.717, 1.165) is 29.4 Å². The van der Waals surface area contributed by atoms with Gasteiger partial charge in [-0.15, -0.1) is 0 Å². The van der Waals surface area contributed by atoms with Gasteiger partial charge < -0.3 is 4.90 Å². The van der Waals surface area contributed by atoms with Gasteiger partial charge >= 0.3 is 0 Å². The number of hydrogen-bond donors (Lipinski definition) is 0. The molecule has 0 N–H and O–H groups in total. The van der Waals surface area contributed by atoms with E-state index < -0.39 is 0 Å². The molecular formula is C22H24N4. The molecule has 0 fully saturated rings. The van der Waals surface area contributed by atoms with Crippen LogP contribution in [0.1, 0.15) is 38.4 Å². The largest absolute Gasteiger partial charge is 0.370 e. The average Bonchev–Trinajstić information content (AvgIpc) is 3.10. The number of para-hydroxylation sites is 1. The second-order valence-corrected chi connectivity index (χ2v) is 7.53. The highest BCUT2D eigenvalue weighted by molar-refractivity contribution is 6.19. The predicted molar refractivity (Wildman–Crippen MR) is 108 cm³/mol. The van der Waals surface area contributed by atoms with Gasteiger partial charge in [0.15, 0.2) is 0 Å². The summed E-state index contributed by atoms with van der Waals surface area (Å²) < 4.78 is 0. The SMILES string of the molecule is CC1=N/C(=C/CC2N(C)c3ccccc3C2(C)C)C(c2ccccn2)=N1. The van der Waals surface area contributed by atoms with Crippen molar-refractivity contribution in [2.45, 2.75) is 38.6 Å². The van der Waals surface area contributed by atoms with E-state index in [-0.39, 0.29) is 5.41 Å². The number of amidine groups is 1. The zero-order valence-electron chi connectivity index (χ0n) is 15.8. The average molecular weight is 344 g/mol. The van der Waals surface area contributed by atoms with E-state index in [1.54, 1.807) is 6.20 Å². The number of aromatic nitrogens is 1. The monoisotopic (exact) mass is 344 g/mol. The topological polar surface area (TPSA) is 40.9 Å². The molecule has 4 nitrogen and oxygen atoms in total. The molecule has 0 saturated heterocycles. The molecule has 2 aliphatic rings. The maximum atomic E-state index is 4.64. The number of nitrogens with zero attached hydrogens (tertiary/aromatic N) is 4. The summed E-state index contributed by atoms with van der Waals surface area (Å²) in [6.07, 6.45) is 4.93. The molecule has 0 saturated carbocycles. The highest BCUT2D eigenvalue weighted by atomic mass is 15.2. The summed E-state index contributed by atoms with van der Waals surface area (Å²) in [4.78, 5) is 16.1. The van der Waals surface area contributed by atoms with E-state index >= 15 is 0 Å². The zero-order valence-corrected chi connectivity index (χ0v) is 15.8. The summed E-state index contributed by atoms with van der Waals surface area (Å²) in [7, 11) is 2.19. The molecule has 1 aromatic heterocycles. The predicted octanol–water partition coefficient (Wildman–Crippen LogP) is 4.37. The van der Waals surface area contributed by atoms with Gasteiger partial charge in [0.1, 0.15) is 11.5 Å². The molecule has 0 bridgehead atoms. The van der Waals surface area contributed by atoms with Crippen LogP contribution in [0.15, 0.2) is 70.4 Å². The first-order chi connectivity index (χ1) is 12.5. The van der Waals surface area contributed by atoms with Crippen LogP contribution in [0.5, 0.6) is 0 Å². The first-order valence-corrected chi connectivity index (χ1v) is 9.07. The highest BCUT2D eigenvalue weighted by Gasteiger charge is 2.42. The van der Waals surface area contributed by atoms with Crippen LogP contribution in [-0.2, 0) is 5.41 Å². The lowest BCUT2D eigenvalue weighted by Gasteiger charge is -2.31. The van der Waals surface area contributed by atoms with E-state index in [4.69, 9.17) is 0 Å². The Morgan fingerprint density at radius 1 is 1.08 bits per heavy atom. The number of allylic oxidation sites excluding steroid dienone is 1. The molecule has 26 heavy (non-hydrogen) atoms. The number of benzene rings is 1. The van der Waals surface area contributed by atoms with Gasteiger partial charge in [-0.1, -0.05) is 44.2 Å². The summed E-state index contributed by atoms with van der Waals surface area (Å²) in [6, 6.07) is 15.0. The molecule has 3 heterocycles. The molecular weight excluding hydrogens is 320 g/mol. The van der Waals surface area contributed by atoms with Crippen LogP contribution < -0.4 is 4.90 Å². The molecule has 0 spiro atoms. The molecule has 0 amide bonds. The van der Waals surface area contributed by atoms with Crippen LogP contribution in [0.4, 0.5) is 5.69 Å². The van der Waals surface area contributed by atoms with Gasteiger partial charge in [-0.05, 0) is 37.1 Å². The third-order valence-electron chi connectivity index (χ3n) is 5.52. The molecule has 0 aliphatic carbocycles. The van der Waals surface area contributed by atoms with Gasteiger partial charge in [0.2, 0.25) is 0 Å². The van der Waals surface area contributed by atoms with Gasteiger partial charge in [0.25, 0.3) is 0 Å². The summed E-state index contributed by atoms with van der Waals surface area (Å²) in [5, 5.41) is 0. The smallest absolute Gasteiger partial charge is 0.126 e. The van der Waals surface area contributed by atoms with Gasteiger partial charge in [-0.2, -0.15) is 0 Å². The number of hydrogen-bond acceptors (Lipinski definition) is 4. The van der Waals surface area contributed by atoms with Gasteiger partial charge in [-0.25, -0.2) is 9.98 Å². The molecule has 132 valence electrons. The lowest BCUT2D eigenvalue weighted by molar-refractivity contribution is 0.429. The number of likely N-dealkylation sites (N-methyl/N-ethyl adjacent to an activating group) is 1. The van der Waals surface area contributed by atoms with Crippen molar-refractivity contribution in [1.29, 1.82) is 0 Å². The van der Waals surface area contributed by atoms with Crippen molar-refractivity contribution in [1.82, 2.24) is 4.98 Å². The van der Waals surface area contributed by atoms with Crippen molar-refractivity contribution in [2.75, 3.05) is 11.9 Å². The van der Waals surface area contributed by atoms with Crippen LogP contribution in [0, 0.1) is 0 Å². The second kappa shape index (κ2) is 6.20. The Kier molecular flexibility index (Phi) is 3.98. The quantitative estimate of drug-likeness (QED) is 0.829. The molecule has 2 aromatic rings. The first kappa shape index (κ1) is 16.7. The highest BCUT2D eigenvalue weighted by Crippen LogP contribution is 2.45. The Balaban J connectivity index is 1.63. The molecule has 1 atom stereocenters. The van der Waals surface area contributed by atoms with E-state index in [0.29, 0.717) is 6.04 Å². The number of pyridine rings is 1. The van der Waals surface area contributed by atoms with E-state index in [9.17, 15) is 0 Å². The fourth-order valence-corrected chi connectivity index (χ4v) is 4.14. The Morgan fingerprint density at radius 2 is 1.85 bits per heavy atom. The second-order valence-electron chi connectivity index (χ2n) is 7.53. The van der Waals surface area contributed by atoms with Crippen LogP contribution >= 0.6 is 0 Å². The zero-order chi connectivity index (χ0) is 18.3. The van der Waals surface area contributed by atoms with Crippen LogP contribution in [-0.4, -0.2) is 29.6 Å². The fourth-order valence-electron chi connectivity index (χ4n) is 4.14. The third-order valence-corrected chi connectivity index (χ3v) is 5.52. The molecule has 2 aliphatic heterocycles. The molecule has 4 heteroatoms. The maximum absolute atomic E-state index is 4.64. The summed E-state index contributed by atoms with van der Waals surface area (Å²) in [5.41, 5.74) is 5.51. The van der Waals surface area contributed by atoms with Gasteiger partial charge in [-0.3, -0.25) is 4.98 Å². The van der Waals surface area contributed by atoms with E-state index in [1.807, 2.05) is 25.1 Å². The normalized spacial score (nSPS) is 22.4. The Labute approximate surface area is 155 Å². The minimum atomic E-state index is 0.0854. The first-order valence-electron chi connectivity index (χ1n) is 9.07. The van der Waals surface area contributed by atoms with Crippen LogP contribution in [0.3, 0.4) is 0 Å². The van der Waals surface area contributed by atoms with Crippen LogP contribution in [0.2, 0.25) is 0 Å². The van der Waals surface area contributed by atoms with E-state index in [1.165, 1.54) is 11.3 Å². The molecule has 4 rings (SSSR count). The number of fused-ring (bicyclic) bond motifs is 1. The summed E-state index contributed by atoms with van der Waals surface area (Å²) in [5.74, 6) is 0.791. The van der Waals surface area contributed by atoms with Crippen LogP contribution in [0.25, 0.3) is 0 Å². The maximum Gasteiger partial charge on any atom is 0.126 e. The van der Waals surface area contributed by atoms with Crippen molar-refractivity contribution in [3.8, 4) is 0 Å². The Morgan fingerprint density at radius 3 is 2.58 bits per heavy atom. The lowest BCUT2D eigenvalue weighted by Crippen LogP contribution is -2.38. The molecule has 1 aromatic carbocycles. The summed E-state index contributed by atoms with van der Waals surface area (Å²) in [6.45, 7) is 6.59. The molecule has 1 unspecified atom stereocenters. The van der Waals surface area contributed by atoms with E-state index in [2.05, 4.69) is 71.1 Å². The fraction of sp³-hybridized carbons (Fsp3) is 0.318. The van der Waals surface area contributed by atoms with Crippen molar-refractivity contribution in [2.24, 2.45) is 9.98 Å². The lowest BCUT2D eigenvalue weighted by atomic mass is 9.79. The number of aliphatic imine (C=N–C) groups is 2. The van der Waals surface area contributed by atoms with Gasteiger partial charge in [0.05, 0.1) is 11.4 Å². The van der Waals surface area contributed by atoms with Crippen molar-refractivity contribution < 1.29 is 0 Å². The third kappa shape index (κ3) is 2.66.